The summed E-state index contributed by atoms with van der Waals surface area (Å²) in [5, 5.41) is 25.5. The Morgan fingerprint density at radius 1 is 0.806 bits per heavy atom. The highest BCUT2D eigenvalue weighted by molar-refractivity contribution is 5.96. The maximum atomic E-state index is 12.8. The molecule has 0 aromatic carbocycles. The van der Waals surface area contributed by atoms with Crippen molar-refractivity contribution < 1.29 is 39.0 Å². The van der Waals surface area contributed by atoms with Crippen LogP contribution in [0.25, 0.3) is 0 Å². The van der Waals surface area contributed by atoms with Gasteiger partial charge in [0.15, 0.2) is 5.96 Å². The number of aliphatic hydroxyl groups is 1. The molecule has 36 heavy (non-hydrogen) atoms. The molecule has 0 fully saturated rings. The quantitative estimate of drug-likeness (QED) is 0.0492. The third-order valence-corrected chi connectivity index (χ3v) is 4.73. The summed E-state index contributed by atoms with van der Waals surface area (Å²) in [5.74, 6) is -6.35. The third-order valence-electron chi connectivity index (χ3n) is 4.73. The van der Waals surface area contributed by atoms with Crippen LogP contribution in [0.5, 0.6) is 0 Å². The second kappa shape index (κ2) is 15.8. The molecule has 15 N–H and O–H groups in total. The summed E-state index contributed by atoms with van der Waals surface area (Å²) in [6.45, 7) is 1.33. The van der Waals surface area contributed by atoms with E-state index in [9.17, 15) is 39.0 Å². The van der Waals surface area contributed by atoms with Gasteiger partial charge in [0.1, 0.15) is 24.2 Å². The number of amides is 5. The number of aliphatic imine (C=N–C) groups is 1. The fourth-order valence-electron chi connectivity index (χ4n) is 2.76. The van der Waals surface area contributed by atoms with E-state index in [2.05, 4.69) is 20.9 Å². The van der Waals surface area contributed by atoms with Crippen LogP contribution in [0.3, 0.4) is 0 Å². The molecule has 204 valence electrons. The fraction of sp³-hybridized carbons (Fsp3) is 0.632. The number of nitrogens with two attached hydrogens (primary N) is 5. The van der Waals surface area contributed by atoms with Crippen molar-refractivity contribution in [3.8, 4) is 0 Å². The number of aliphatic carboxylic acids is 1. The smallest absolute Gasteiger partial charge is 0.326 e. The largest absolute Gasteiger partial charge is 0.480 e. The lowest BCUT2D eigenvalue weighted by molar-refractivity contribution is -0.142. The van der Waals surface area contributed by atoms with E-state index in [0.29, 0.717) is 0 Å². The standard InChI is InChI=1S/C19H35N9O8/c1-8(29)14(22)17(34)28-11(7-13(21)31)16(33)26-9(4-5-12(20)30)15(32)27-10(18(35)36)3-2-6-25-19(23)24/h8-11,14,29H,2-7,22H2,1H3,(H2,20,30)(H2,21,31)(H,26,33)(H,27,32)(H,28,34)(H,35,36)(H4,23,24,25). The molecule has 0 bridgehead atoms. The number of carboxylic acid groups (broad SMARTS) is 1. The number of carboxylic acids is 1. The zero-order valence-corrected chi connectivity index (χ0v) is 19.8. The van der Waals surface area contributed by atoms with E-state index in [-0.39, 0.29) is 38.2 Å². The fourth-order valence-corrected chi connectivity index (χ4v) is 2.76. The molecule has 17 heteroatoms. The van der Waals surface area contributed by atoms with Gasteiger partial charge in [-0.15, -0.1) is 0 Å². The molecule has 0 saturated heterocycles. The van der Waals surface area contributed by atoms with Crippen molar-refractivity contribution in [2.24, 2.45) is 33.7 Å². The number of hydrogen-bond acceptors (Lipinski definition) is 9. The lowest BCUT2D eigenvalue weighted by Crippen LogP contribution is -2.58. The van der Waals surface area contributed by atoms with Crippen LogP contribution >= 0.6 is 0 Å². The van der Waals surface area contributed by atoms with Crippen LogP contribution in [0.1, 0.15) is 39.0 Å². The molecule has 5 amide bonds. The molecule has 0 rings (SSSR count). The second-order valence-electron chi connectivity index (χ2n) is 7.91. The van der Waals surface area contributed by atoms with Crippen molar-refractivity contribution in [3.63, 3.8) is 0 Å². The number of aliphatic hydroxyl groups excluding tert-OH is 1. The predicted molar refractivity (Wildman–Crippen MR) is 125 cm³/mol. The average Bonchev–Trinajstić information content (AvgIpc) is 2.76. The second-order valence-corrected chi connectivity index (χ2v) is 7.91. The Bertz CT molecular complexity index is 845. The Hall–Kier alpha value is -3.99. The summed E-state index contributed by atoms with van der Waals surface area (Å²) in [7, 11) is 0. The third kappa shape index (κ3) is 13.0. The zero-order valence-electron chi connectivity index (χ0n) is 19.8. The van der Waals surface area contributed by atoms with Crippen LogP contribution in [0, 0.1) is 0 Å². The molecule has 0 aromatic heterocycles. The van der Waals surface area contributed by atoms with Crippen molar-refractivity contribution in [1.82, 2.24) is 16.0 Å². The van der Waals surface area contributed by atoms with Gasteiger partial charge in [-0.3, -0.25) is 29.0 Å². The van der Waals surface area contributed by atoms with Crippen molar-refractivity contribution in [2.75, 3.05) is 6.54 Å². The van der Waals surface area contributed by atoms with Gasteiger partial charge in [-0.05, 0) is 26.2 Å². The van der Waals surface area contributed by atoms with Crippen LogP contribution in [-0.2, 0) is 28.8 Å². The van der Waals surface area contributed by atoms with E-state index in [1.54, 1.807) is 0 Å². The molecular weight excluding hydrogens is 482 g/mol. The zero-order chi connectivity index (χ0) is 28.0. The monoisotopic (exact) mass is 517 g/mol. The van der Waals surface area contributed by atoms with Crippen molar-refractivity contribution >= 4 is 41.5 Å². The first-order valence-electron chi connectivity index (χ1n) is 10.8. The number of carbonyl (C=O) groups is 6. The van der Waals surface area contributed by atoms with Crippen LogP contribution in [-0.4, -0.2) is 88.5 Å². The van der Waals surface area contributed by atoms with Crippen LogP contribution in [0.2, 0.25) is 0 Å². The number of guanidine groups is 1. The minimum absolute atomic E-state index is 0.0636. The lowest BCUT2D eigenvalue weighted by Gasteiger charge is -2.25. The number of rotatable bonds is 17. The summed E-state index contributed by atoms with van der Waals surface area (Å²) >= 11 is 0. The maximum absolute atomic E-state index is 12.8. The van der Waals surface area contributed by atoms with E-state index in [1.807, 2.05) is 0 Å². The summed E-state index contributed by atoms with van der Waals surface area (Å²) in [4.78, 5) is 75.6. The van der Waals surface area contributed by atoms with Gasteiger partial charge in [0, 0.05) is 13.0 Å². The van der Waals surface area contributed by atoms with E-state index in [0.717, 1.165) is 0 Å². The highest BCUT2D eigenvalue weighted by Crippen LogP contribution is 2.05. The Morgan fingerprint density at radius 2 is 1.33 bits per heavy atom. The number of carbonyl (C=O) groups excluding carboxylic acids is 5. The Kier molecular flexibility index (Phi) is 14.1. The molecule has 0 radical (unpaired) electrons. The van der Waals surface area contributed by atoms with Crippen LogP contribution < -0.4 is 44.6 Å². The van der Waals surface area contributed by atoms with Gasteiger partial charge in [0.05, 0.1) is 12.5 Å². The normalized spacial score (nSPS) is 14.8. The SMILES string of the molecule is CC(O)C(N)C(=O)NC(CC(N)=O)C(=O)NC(CCC(N)=O)C(=O)NC(CCCN=C(N)N)C(=O)O. The van der Waals surface area contributed by atoms with Gasteiger partial charge in [-0.25, -0.2) is 4.79 Å². The van der Waals surface area contributed by atoms with Gasteiger partial charge in [-0.2, -0.15) is 0 Å². The molecule has 5 atom stereocenters. The maximum Gasteiger partial charge on any atom is 0.326 e. The molecule has 0 aliphatic carbocycles. The van der Waals surface area contributed by atoms with Crippen molar-refractivity contribution in [3.05, 3.63) is 0 Å². The molecule has 0 spiro atoms. The number of hydrogen-bond donors (Lipinski definition) is 10. The Balaban J connectivity index is 5.57. The van der Waals surface area contributed by atoms with Gasteiger partial charge in [0.2, 0.25) is 29.5 Å². The summed E-state index contributed by atoms with van der Waals surface area (Å²) in [6.07, 6.45) is -2.51. The molecule has 5 unspecified atom stereocenters. The van der Waals surface area contributed by atoms with E-state index < -0.39 is 72.2 Å². The van der Waals surface area contributed by atoms with Gasteiger partial charge < -0.3 is 54.8 Å². The molecule has 17 nitrogen and oxygen atoms in total. The van der Waals surface area contributed by atoms with Crippen molar-refractivity contribution in [1.29, 1.82) is 0 Å². The van der Waals surface area contributed by atoms with Crippen molar-refractivity contribution in [2.45, 2.75) is 69.3 Å². The molecule has 0 aliphatic heterocycles. The molecule has 0 saturated carbocycles. The number of nitrogens with one attached hydrogen (secondary N) is 3. The van der Waals surface area contributed by atoms with Crippen LogP contribution in [0.4, 0.5) is 0 Å². The van der Waals surface area contributed by atoms with Gasteiger partial charge in [0.25, 0.3) is 0 Å². The topological polar surface area (TPSA) is 321 Å². The highest BCUT2D eigenvalue weighted by Gasteiger charge is 2.31. The number of nitrogens with zero attached hydrogens (tertiary/aromatic N) is 1. The number of primary amides is 2. The Labute approximate surface area is 206 Å². The molecule has 0 heterocycles. The first-order valence-corrected chi connectivity index (χ1v) is 10.8. The lowest BCUT2D eigenvalue weighted by atomic mass is 10.1. The van der Waals surface area contributed by atoms with E-state index >= 15 is 0 Å². The summed E-state index contributed by atoms with van der Waals surface area (Å²) in [5.41, 5.74) is 26.2. The summed E-state index contributed by atoms with van der Waals surface area (Å²) in [6, 6.07) is -5.87. The van der Waals surface area contributed by atoms with E-state index in [1.165, 1.54) is 6.92 Å². The first-order chi connectivity index (χ1) is 16.6. The average molecular weight is 518 g/mol. The van der Waals surface area contributed by atoms with Crippen LogP contribution in [0.15, 0.2) is 4.99 Å². The molecular formula is C19H35N9O8. The summed E-state index contributed by atoms with van der Waals surface area (Å²) < 4.78 is 0. The van der Waals surface area contributed by atoms with E-state index in [4.69, 9.17) is 28.7 Å². The van der Waals surface area contributed by atoms with Gasteiger partial charge in [-0.1, -0.05) is 0 Å². The predicted octanol–water partition coefficient (Wildman–Crippen LogP) is -5.57. The minimum atomic E-state index is -1.58. The Morgan fingerprint density at radius 3 is 1.81 bits per heavy atom. The highest BCUT2D eigenvalue weighted by atomic mass is 16.4. The molecule has 0 aliphatic rings. The molecule has 0 aromatic rings. The van der Waals surface area contributed by atoms with Gasteiger partial charge >= 0.3 is 5.97 Å². The first kappa shape index (κ1) is 32.0. The minimum Gasteiger partial charge on any atom is -0.480 e.